The molecule has 2 atom stereocenters. The van der Waals surface area contributed by atoms with Gasteiger partial charge < -0.3 is 15.2 Å². The van der Waals surface area contributed by atoms with Gasteiger partial charge >= 0.3 is 0 Å². The van der Waals surface area contributed by atoms with Gasteiger partial charge in [0, 0.05) is 12.1 Å². The standard InChI is InChI=1S/C15H21NO2/c16-15(7-3-8-17-11-15)10-14-13-5-2-1-4-12(13)6-9-18-14/h1-2,4-5,14H,3,6-11,16H2. The van der Waals surface area contributed by atoms with Crippen LogP contribution < -0.4 is 5.73 Å². The molecule has 2 heterocycles. The normalized spacial score (nSPS) is 31.9. The molecule has 3 rings (SSSR count). The minimum Gasteiger partial charge on any atom is -0.380 e. The van der Waals surface area contributed by atoms with Gasteiger partial charge in [0.25, 0.3) is 0 Å². The Morgan fingerprint density at radius 2 is 2.17 bits per heavy atom. The van der Waals surface area contributed by atoms with Gasteiger partial charge in [0.1, 0.15) is 0 Å². The second kappa shape index (κ2) is 5.00. The molecule has 0 radical (unpaired) electrons. The second-order valence-corrected chi connectivity index (χ2v) is 5.53. The van der Waals surface area contributed by atoms with E-state index < -0.39 is 0 Å². The van der Waals surface area contributed by atoms with Gasteiger partial charge in [0.15, 0.2) is 0 Å². The molecule has 0 spiro atoms. The Labute approximate surface area is 108 Å². The van der Waals surface area contributed by atoms with Crippen LogP contribution in [0, 0.1) is 0 Å². The zero-order valence-electron chi connectivity index (χ0n) is 10.7. The average molecular weight is 247 g/mol. The first kappa shape index (κ1) is 12.2. The first-order valence-electron chi connectivity index (χ1n) is 6.83. The number of hydrogen-bond acceptors (Lipinski definition) is 3. The van der Waals surface area contributed by atoms with Gasteiger partial charge in [-0.2, -0.15) is 0 Å². The fourth-order valence-corrected chi connectivity index (χ4v) is 3.05. The Balaban J connectivity index is 1.77. The Kier molecular flexibility index (Phi) is 3.37. The molecule has 2 unspecified atom stereocenters. The van der Waals surface area contributed by atoms with Gasteiger partial charge in [-0.25, -0.2) is 0 Å². The van der Waals surface area contributed by atoms with Crippen molar-refractivity contribution in [3.63, 3.8) is 0 Å². The average Bonchev–Trinajstić information content (AvgIpc) is 2.40. The van der Waals surface area contributed by atoms with E-state index in [2.05, 4.69) is 24.3 Å². The lowest BCUT2D eigenvalue weighted by Gasteiger charge is -2.37. The summed E-state index contributed by atoms with van der Waals surface area (Å²) in [7, 11) is 0. The van der Waals surface area contributed by atoms with Crippen LogP contribution >= 0.6 is 0 Å². The van der Waals surface area contributed by atoms with Crippen molar-refractivity contribution in [1.29, 1.82) is 0 Å². The topological polar surface area (TPSA) is 44.5 Å². The van der Waals surface area contributed by atoms with Crippen molar-refractivity contribution in [1.82, 2.24) is 0 Å². The van der Waals surface area contributed by atoms with Gasteiger partial charge in [-0.15, -0.1) is 0 Å². The summed E-state index contributed by atoms with van der Waals surface area (Å²) in [6, 6.07) is 8.56. The van der Waals surface area contributed by atoms with E-state index in [1.54, 1.807) is 0 Å². The monoisotopic (exact) mass is 247 g/mol. The zero-order chi connectivity index (χ0) is 12.4. The number of nitrogens with two attached hydrogens (primary N) is 1. The summed E-state index contributed by atoms with van der Waals surface area (Å²) >= 11 is 0. The Morgan fingerprint density at radius 1 is 1.28 bits per heavy atom. The van der Waals surface area contributed by atoms with Crippen molar-refractivity contribution < 1.29 is 9.47 Å². The lowest BCUT2D eigenvalue weighted by molar-refractivity contribution is -0.0197. The molecule has 3 nitrogen and oxygen atoms in total. The summed E-state index contributed by atoms with van der Waals surface area (Å²) in [6.07, 6.45) is 4.12. The molecule has 3 heteroatoms. The molecule has 2 aliphatic rings. The van der Waals surface area contributed by atoms with Crippen LogP contribution in [0.3, 0.4) is 0 Å². The Bertz CT molecular complexity index is 413. The molecule has 0 saturated carbocycles. The summed E-state index contributed by atoms with van der Waals surface area (Å²) < 4.78 is 11.5. The minimum absolute atomic E-state index is 0.140. The molecule has 98 valence electrons. The SMILES string of the molecule is NC1(CC2OCCc3ccccc32)CCCOC1. The largest absolute Gasteiger partial charge is 0.380 e. The molecule has 1 fully saturated rings. The van der Waals surface area contributed by atoms with E-state index in [-0.39, 0.29) is 11.6 Å². The molecule has 1 saturated heterocycles. The van der Waals surface area contributed by atoms with Crippen LogP contribution in [0.4, 0.5) is 0 Å². The van der Waals surface area contributed by atoms with Crippen LogP contribution in [0.25, 0.3) is 0 Å². The molecule has 18 heavy (non-hydrogen) atoms. The van der Waals surface area contributed by atoms with Crippen molar-refractivity contribution in [2.45, 2.75) is 37.3 Å². The first-order chi connectivity index (χ1) is 8.77. The van der Waals surface area contributed by atoms with Crippen LogP contribution in [0.1, 0.15) is 36.5 Å². The minimum atomic E-state index is -0.215. The fourth-order valence-electron chi connectivity index (χ4n) is 3.05. The molecule has 1 aromatic carbocycles. The van der Waals surface area contributed by atoms with Crippen LogP contribution in [-0.2, 0) is 15.9 Å². The lowest BCUT2D eigenvalue weighted by atomic mass is 9.83. The van der Waals surface area contributed by atoms with Crippen LogP contribution in [0.2, 0.25) is 0 Å². The van der Waals surface area contributed by atoms with E-state index in [4.69, 9.17) is 15.2 Å². The molecule has 0 aliphatic carbocycles. The molecular formula is C15H21NO2. The summed E-state index contributed by atoms with van der Waals surface area (Å²) in [6.45, 7) is 2.31. The molecule has 1 aromatic rings. The van der Waals surface area contributed by atoms with Gasteiger partial charge in [-0.1, -0.05) is 24.3 Å². The highest BCUT2D eigenvalue weighted by Gasteiger charge is 2.34. The molecule has 0 bridgehead atoms. The highest BCUT2D eigenvalue weighted by atomic mass is 16.5. The fraction of sp³-hybridized carbons (Fsp3) is 0.600. The van der Waals surface area contributed by atoms with E-state index >= 15 is 0 Å². The maximum absolute atomic E-state index is 6.44. The first-order valence-corrected chi connectivity index (χ1v) is 6.83. The number of fused-ring (bicyclic) bond motifs is 1. The number of hydrogen-bond donors (Lipinski definition) is 1. The van der Waals surface area contributed by atoms with E-state index in [9.17, 15) is 0 Å². The Morgan fingerprint density at radius 3 is 3.00 bits per heavy atom. The summed E-state index contributed by atoms with van der Waals surface area (Å²) in [5, 5.41) is 0. The maximum Gasteiger partial charge on any atom is 0.0846 e. The second-order valence-electron chi connectivity index (χ2n) is 5.53. The van der Waals surface area contributed by atoms with E-state index in [1.807, 2.05) is 0 Å². The van der Waals surface area contributed by atoms with E-state index in [1.165, 1.54) is 11.1 Å². The quantitative estimate of drug-likeness (QED) is 0.871. The van der Waals surface area contributed by atoms with Crippen molar-refractivity contribution in [2.24, 2.45) is 5.73 Å². The van der Waals surface area contributed by atoms with Gasteiger partial charge in [0.2, 0.25) is 0 Å². The third kappa shape index (κ3) is 2.44. The van der Waals surface area contributed by atoms with Crippen molar-refractivity contribution in [3.05, 3.63) is 35.4 Å². The van der Waals surface area contributed by atoms with Crippen LogP contribution in [0.5, 0.6) is 0 Å². The summed E-state index contributed by atoms with van der Waals surface area (Å²) in [5.74, 6) is 0. The van der Waals surface area contributed by atoms with Gasteiger partial charge in [0.05, 0.1) is 19.3 Å². The molecule has 0 amide bonds. The molecule has 0 aromatic heterocycles. The predicted octanol–water partition coefficient (Wildman–Crippen LogP) is 2.20. The van der Waals surface area contributed by atoms with Crippen LogP contribution in [-0.4, -0.2) is 25.4 Å². The smallest absolute Gasteiger partial charge is 0.0846 e. The number of ether oxygens (including phenoxy) is 2. The highest BCUT2D eigenvalue weighted by Crippen LogP contribution is 2.35. The maximum atomic E-state index is 6.44. The van der Waals surface area contributed by atoms with E-state index in [0.717, 1.165) is 38.9 Å². The van der Waals surface area contributed by atoms with Gasteiger partial charge in [-0.3, -0.25) is 0 Å². The number of rotatable bonds is 2. The highest BCUT2D eigenvalue weighted by molar-refractivity contribution is 5.31. The van der Waals surface area contributed by atoms with Crippen molar-refractivity contribution in [2.75, 3.05) is 19.8 Å². The third-order valence-corrected chi connectivity index (χ3v) is 4.04. The Hall–Kier alpha value is -0.900. The van der Waals surface area contributed by atoms with Crippen molar-refractivity contribution >= 4 is 0 Å². The lowest BCUT2D eigenvalue weighted by Crippen LogP contribution is -2.49. The molecular weight excluding hydrogens is 226 g/mol. The predicted molar refractivity (Wildman–Crippen MR) is 70.4 cm³/mol. The summed E-state index contributed by atoms with van der Waals surface area (Å²) in [4.78, 5) is 0. The van der Waals surface area contributed by atoms with Crippen LogP contribution in [0.15, 0.2) is 24.3 Å². The van der Waals surface area contributed by atoms with Crippen molar-refractivity contribution in [3.8, 4) is 0 Å². The number of benzene rings is 1. The third-order valence-electron chi connectivity index (χ3n) is 4.04. The molecule has 2 N–H and O–H groups in total. The molecule has 2 aliphatic heterocycles. The summed E-state index contributed by atoms with van der Waals surface area (Å²) in [5.41, 5.74) is 8.96. The zero-order valence-corrected chi connectivity index (χ0v) is 10.7. The van der Waals surface area contributed by atoms with Gasteiger partial charge in [-0.05, 0) is 36.8 Å². The van der Waals surface area contributed by atoms with E-state index in [0.29, 0.717) is 6.61 Å².